The number of ether oxygens (including phenoxy) is 2. The number of hydrogen-bond acceptors (Lipinski definition) is 3. The van der Waals surface area contributed by atoms with Crippen LogP contribution in [0.2, 0.25) is 0 Å². The Labute approximate surface area is 178 Å². The van der Waals surface area contributed by atoms with Gasteiger partial charge in [-0.1, -0.05) is 91.0 Å². The second-order valence-electron chi connectivity index (χ2n) is 7.46. The van der Waals surface area contributed by atoms with E-state index >= 15 is 0 Å². The smallest absolute Gasteiger partial charge is 0.410 e. The second-order valence-corrected chi connectivity index (χ2v) is 7.46. The minimum absolute atomic E-state index is 0.262. The number of cyclic esters (lactones) is 1. The van der Waals surface area contributed by atoms with E-state index in [-0.39, 0.29) is 12.2 Å². The maximum atomic E-state index is 12.2. The number of hydrogen-bond donors (Lipinski definition) is 0. The van der Waals surface area contributed by atoms with E-state index in [2.05, 4.69) is 36.4 Å². The number of benzene rings is 3. The van der Waals surface area contributed by atoms with Crippen LogP contribution >= 0.6 is 0 Å². The third-order valence-corrected chi connectivity index (χ3v) is 5.66. The van der Waals surface area contributed by atoms with Gasteiger partial charge in [-0.2, -0.15) is 0 Å². The Balaban J connectivity index is 1.73. The molecular formula is C26H27NO3. The molecule has 1 amide bonds. The highest BCUT2D eigenvalue weighted by atomic mass is 16.6. The number of amides is 1. The fourth-order valence-electron chi connectivity index (χ4n) is 4.06. The zero-order valence-corrected chi connectivity index (χ0v) is 17.2. The first kappa shape index (κ1) is 20.2. The van der Waals surface area contributed by atoms with Crippen molar-refractivity contribution in [2.45, 2.75) is 25.0 Å². The van der Waals surface area contributed by atoms with Crippen molar-refractivity contribution in [3.8, 4) is 0 Å². The lowest BCUT2D eigenvalue weighted by atomic mass is 9.80. The maximum absolute atomic E-state index is 12.2. The van der Waals surface area contributed by atoms with Crippen molar-refractivity contribution in [1.82, 2.24) is 4.90 Å². The molecule has 0 saturated carbocycles. The summed E-state index contributed by atoms with van der Waals surface area (Å²) in [6.45, 7) is 3.64. The van der Waals surface area contributed by atoms with E-state index in [9.17, 15) is 4.79 Å². The van der Waals surface area contributed by atoms with Crippen LogP contribution in [0.4, 0.5) is 4.79 Å². The summed E-state index contributed by atoms with van der Waals surface area (Å²) >= 11 is 0. The topological polar surface area (TPSA) is 38.8 Å². The largest absolute Gasteiger partial charge is 0.444 e. The van der Waals surface area contributed by atoms with Gasteiger partial charge in [-0.05, 0) is 23.6 Å². The molecule has 0 bridgehead atoms. The normalized spacial score (nSPS) is 16.9. The summed E-state index contributed by atoms with van der Waals surface area (Å²) in [6.07, 6.45) is 0.228. The maximum Gasteiger partial charge on any atom is 0.410 e. The number of nitrogens with zero attached hydrogens (tertiary/aromatic N) is 1. The van der Waals surface area contributed by atoms with Crippen LogP contribution in [0.25, 0.3) is 0 Å². The van der Waals surface area contributed by atoms with Crippen LogP contribution in [0.1, 0.15) is 30.0 Å². The third-order valence-electron chi connectivity index (χ3n) is 5.66. The van der Waals surface area contributed by atoms with Gasteiger partial charge < -0.3 is 14.4 Å². The summed E-state index contributed by atoms with van der Waals surface area (Å²) in [5.41, 5.74) is 2.33. The van der Waals surface area contributed by atoms with E-state index in [1.807, 2.05) is 61.5 Å². The minimum atomic E-state index is -0.794. The van der Waals surface area contributed by atoms with E-state index < -0.39 is 5.60 Å². The van der Waals surface area contributed by atoms with Gasteiger partial charge in [0.2, 0.25) is 0 Å². The highest BCUT2D eigenvalue weighted by Crippen LogP contribution is 2.40. The first-order valence-corrected chi connectivity index (χ1v) is 10.5. The van der Waals surface area contributed by atoms with Crippen molar-refractivity contribution in [1.29, 1.82) is 0 Å². The van der Waals surface area contributed by atoms with Gasteiger partial charge >= 0.3 is 6.09 Å². The highest BCUT2D eigenvalue weighted by molar-refractivity contribution is 5.68. The molecule has 4 nitrogen and oxygen atoms in total. The number of carbonyl (C=O) groups excluding carboxylic acids is 1. The molecule has 154 valence electrons. The average Bonchev–Trinajstić information content (AvgIpc) is 2.82. The first-order chi connectivity index (χ1) is 14.7. The Bertz CT molecular complexity index is 847. The Hall–Kier alpha value is -3.11. The highest BCUT2D eigenvalue weighted by Gasteiger charge is 2.39. The molecule has 3 aromatic carbocycles. The van der Waals surface area contributed by atoms with E-state index in [1.54, 1.807) is 4.90 Å². The summed E-state index contributed by atoms with van der Waals surface area (Å²) in [6, 6.07) is 30.7. The predicted molar refractivity (Wildman–Crippen MR) is 117 cm³/mol. The molecule has 1 atom stereocenters. The summed E-state index contributed by atoms with van der Waals surface area (Å²) in [5, 5.41) is 0. The van der Waals surface area contributed by atoms with Gasteiger partial charge in [0.15, 0.2) is 0 Å². The molecule has 0 unspecified atom stereocenters. The first-order valence-electron chi connectivity index (χ1n) is 10.5. The molecule has 1 fully saturated rings. The zero-order chi connectivity index (χ0) is 20.8. The lowest BCUT2D eigenvalue weighted by Gasteiger charge is -2.38. The van der Waals surface area contributed by atoms with Crippen LogP contribution in [0, 0.1) is 0 Å². The van der Waals surface area contributed by atoms with Crippen molar-refractivity contribution in [3.63, 3.8) is 0 Å². The van der Waals surface area contributed by atoms with Crippen molar-refractivity contribution < 1.29 is 14.3 Å². The molecule has 0 spiro atoms. The SMILES string of the molecule is CCN1CC[C@@H](COC(c2ccccc2)(c2ccccc2)c2ccccc2)OC1=O. The summed E-state index contributed by atoms with van der Waals surface area (Å²) in [4.78, 5) is 13.9. The Morgan fingerprint density at radius 2 is 1.33 bits per heavy atom. The Morgan fingerprint density at radius 3 is 1.73 bits per heavy atom. The monoisotopic (exact) mass is 401 g/mol. The second kappa shape index (κ2) is 9.14. The molecule has 0 aliphatic carbocycles. The van der Waals surface area contributed by atoms with Gasteiger partial charge in [-0.25, -0.2) is 4.79 Å². The summed E-state index contributed by atoms with van der Waals surface area (Å²) in [7, 11) is 0. The van der Waals surface area contributed by atoms with Crippen LogP contribution in [-0.2, 0) is 15.1 Å². The van der Waals surface area contributed by atoms with Gasteiger partial charge in [0.05, 0.1) is 6.61 Å². The number of carbonyl (C=O) groups is 1. The lowest BCUT2D eigenvalue weighted by molar-refractivity contribution is -0.0639. The summed E-state index contributed by atoms with van der Waals surface area (Å²) in [5.74, 6) is 0. The van der Waals surface area contributed by atoms with Crippen molar-refractivity contribution in [3.05, 3.63) is 108 Å². The van der Waals surface area contributed by atoms with Gasteiger partial charge in [-0.3, -0.25) is 0 Å². The van der Waals surface area contributed by atoms with Crippen molar-refractivity contribution in [2.24, 2.45) is 0 Å². The molecule has 1 aliphatic rings. The van der Waals surface area contributed by atoms with E-state index in [1.165, 1.54) is 0 Å². The predicted octanol–water partition coefficient (Wildman–Crippen LogP) is 5.23. The van der Waals surface area contributed by atoms with Crippen LogP contribution in [0.5, 0.6) is 0 Å². The molecule has 1 aliphatic heterocycles. The average molecular weight is 402 g/mol. The molecule has 1 saturated heterocycles. The fourth-order valence-corrected chi connectivity index (χ4v) is 4.06. The quantitative estimate of drug-likeness (QED) is 0.509. The van der Waals surface area contributed by atoms with Gasteiger partial charge in [0, 0.05) is 19.5 Å². The van der Waals surface area contributed by atoms with Crippen LogP contribution in [0.15, 0.2) is 91.0 Å². The van der Waals surface area contributed by atoms with Crippen LogP contribution < -0.4 is 0 Å². The van der Waals surface area contributed by atoms with Crippen molar-refractivity contribution in [2.75, 3.05) is 19.7 Å². The van der Waals surface area contributed by atoms with Crippen molar-refractivity contribution >= 4 is 6.09 Å². The van der Waals surface area contributed by atoms with E-state index in [4.69, 9.17) is 9.47 Å². The molecule has 0 N–H and O–H groups in total. The third kappa shape index (κ3) is 3.96. The molecule has 1 heterocycles. The van der Waals surface area contributed by atoms with Crippen LogP contribution in [-0.4, -0.2) is 36.8 Å². The zero-order valence-electron chi connectivity index (χ0n) is 17.2. The Kier molecular flexibility index (Phi) is 6.15. The van der Waals surface area contributed by atoms with Gasteiger partial charge in [0.25, 0.3) is 0 Å². The van der Waals surface area contributed by atoms with Gasteiger partial charge in [-0.15, -0.1) is 0 Å². The molecule has 3 aromatic rings. The molecule has 0 radical (unpaired) electrons. The van der Waals surface area contributed by atoms with E-state index in [0.717, 1.165) is 23.1 Å². The van der Waals surface area contributed by atoms with Gasteiger partial charge in [0.1, 0.15) is 11.7 Å². The van der Waals surface area contributed by atoms with Crippen LogP contribution in [0.3, 0.4) is 0 Å². The fraction of sp³-hybridized carbons (Fsp3) is 0.269. The number of rotatable bonds is 7. The molecule has 0 aromatic heterocycles. The lowest BCUT2D eigenvalue weighted by Crippen LogP contribution is -2.45. The molecular weight excluding hydrogens is 374 g/mol. The molecule has 4 rings (SSSR count). The standard InChI is InChI=1S/C26H27NO3/c1-2-27-19-18-24(30-25(27)28)20-29-26(21-12-6-3-7-13-21,22-14-8-4-9-15-22)23-16-10-5-11-17-23/h3-17,24H,2,18-20H2,1H3/t24-/m0/s1. The van der Waals surface area contributed by atoms with E-state index in [0.29, 0.717) is 19.7 Å². The molecule has 4 heteroatoms. The summed E-state index contributed by atoms with van der Waals surface area (Å²) < 4.78 is 12.4. The Morgan fingerprint density at radius 1 is 0.867 bits per heavy atom. The minimum Gasteiger partial charge on any atom is -0.444 e. The molecule has 30 heavy (non-hydrogen) atoms.